The van der Waals surface area contributed by atoms with Crippen LogP contribution in [0.3, 0.4) is 0 Å². The molecule has 0 saturated heterocycles. The van der Waals surface area contributed by atoms with Gasteiger partial charge in [-0.15, -0.1) is 0 Å². The number of hydrogen-bond donors (Lipinski definition) is 3. The summed E-state index contributed by atoms with van der Waals surface area (Å²) in [5.74, 6) is 0. The molecule has 0 aliphatic heterocycles. The number of nitrogens with zero attached hydrogens (tertiary/aromatic N) is 2. The van der Waals surface area contributed by atoms with Crippen molar-refractivity contribution in [2.75, 3.05) is 6.54 Å². The minimum Gasteiger partial charge on any atom is -0.329 e. The first-order valence-electron chi connectivity index (χ1n) is 4.53. The van der Waals surface area contributed by atoms with Crippen molar-refractivity contribution in [1.82, 2.24) is 19.7 Å². The quantitative estimate of drug-likeness (QED) is 0.569. The first-order valence-corrected chi connectivity index (χ1v) is 4.53. The van der Waals surface area contributed by atoms with E-state index in [9.17, 15) is 9.59 Å². The molecule has 0 amide bonds. The normalized spacial score (nSPS) is 11.1. The van der Waals surface area contributed by atoms with Gasteiger partial charge in [-0.25, -0.2) is 4.79 Å². The van der Waals surface area contributed by atoms with Crippen LogP contribution in [0.2, 0.25) is 0 Å². The van der Waals surface area contributed by atoms with Crippen LogP contribution in [0.5, 0.6) is 0 Å². The van der Waals surface area contributed by atoms with Gasteiger partial charge in [-0.05, 0) is 6.92 Å². The minimum atomic E-state index is -0.482. The van der Waals surface area contributed by atoms with E-state index in [1.165, 1.54) is 4.57 Å². The summed E-state index contributed by atoms with van der Waals surface area (Å²) in [4.78, 5) is 25.2. The van der Waals surface area contributed by atoms with E-state index in [4.69, 9.17) is 5.73 Å². The Bertz CT molecular complexity index is 606. The van der Waals surface area contributed by atoms with Crippen LogP contribution in [0.25, 0.3) is 11.0 Å². The van der Waals surface area contributed by atoms with Crippen molar-refractivity contribution in [3.05, 3.63) is 26.5 Å². The molecule has 0 atom stereocenters. The zero-order chi connectivity index (χ0) is 11.0. The lowest BCUT2D eigenvalue weighted by atomic mass is 10.3. The molecule has 0 spiro atoms. The summed E-state index contributed by atoms with van der Waals surface area (Å²) in [5, 5.41) is 7.00. The van der Waals surface area contributed by atoms with E-state index in [1.54, 1.807) is 6.92 Å². The van der Waals surface area contributed by atoms with Crippen molar-refractivity contribution in [3.63, 3.8) is 0 Å². The van der Waals surface area contributed by atoms with Crippen molar-refractivity contribution >= 4 is 11.0 Å². The van der Waals surface area contributed by atoms with Gasteiger partial charge in [0.25, 0.3) is 5.56 Å². The van der Waals surface area contributed by atoms with Gasteiger partial charge in [-0.2, -0.15) is 5.10 Å². The molecule has 0 bridgehead atoms. The molecule has 0 unspecified atom stereocenters. The van der Waals surface area contributed by atoms with Gasteiger partial charge in [-0.3, -0.25) is 19.4 Å². The van der Waals surface area contributed by atoms with E-state index in [2.05, 4.69) is 15.2 Å². The van der Waals surface area contributed by atoms with Gasteiger partial charge >= 0.3 is 5.69 Å². The highest BCUT2D eigenvalue weighted by atomic mass is 16.2. The predicted molar refractivity (Wildman–Crippen MR) is 54.8 cm³/mol. The first kappa shape index (κ1) is 9.66. The number of nitrogens with two attached hydrogens (primary N) is 1. The summed E-state index contributed by atoms with van der Waals surface area (Å²) >= 11 is 0. The molecular formula is C8H11N5O2. The van der Waals surface area contributed by atoms with Gasteiger partial charge in [0.1, 0.15) is 5.39 Å². The van der Waals surface area contributed by atoms with Gasteiger partial charge in [0.2, 0.25) is 0 Å². The Labute approximate surface area is 83.9 Å². The van der Waals surface area contributed by atoms with Crippen LogP contribution < -0.4 is 17.0 Å². The molecule has 80 valence electrons. The molecular weight excluding hydrogens is 198 g/mol. The molecule has 0 aliphatic carbocycles. The molecule has 4 N–H and O–H groups in total. The Morgan fingerprint density at radius 3 is 2.87 bits per heavy atom. The molecule has 2 aromatic heterocycles. The van der Waals surface area contributed by atoms with E-state index in [0.29, 0.717) is 29.8 Å². The number of rotatable bonds is 2. The predicted octanol–water partition coefficient (Wildman–Crippen LogP) is -1.32. The van der Waals surface area contributed by atoms with Crippen LogP contribution in [-0.4, -0.2) is 26.3 Å². The largest absolute Gasteiger partial charge is 0.330 e. The first-order chi connectivity index (χ1) is 7.15. The summed E-state index contributed by atoms with van der Waals surface area (Å²) in [7, 11) is 0. The number of aromatic amines is 2. The van der Waals surface area contributed by atoms with Gasteiger partial charge in [0.15, 0.2) is 5.65 Å². The van der Waals surface area contributed by atoms with Gasteiger partial charge in [-0.1, -0.05) is 0 Å². The van der Waals surface area contributed by atoms with Gasteiger partial charge in [0.05, 0.1) is 0 Å². The van der Waals surface area contributed by atoms with E-state index in [-0.39, 0.29) is 0 Å². The van der Waals surface area contributed by atoms with Crippen molar-refractivity contribution in [2.24, 2.45) is 5.73 Å². The Balaban J connectivity index is 2.91. The van der Waals surface area contributed by atoms with Crippen LogP contribution in [0.4, 0.5) is 0 Å². The highest BCUT2D eigenvalue weighted by molar-refractivity contribution is 5.76. The van der Waals surface area contributed by atoms with E-state index < -0.39 is 11.2 Å². The monoisotopic (exact) mass is 209 g/mol. The number of aromatic nitrogens is 4. The summed E-state index contributed by atoms with van der Waals surface area (Å²) in [6.07, 6.45) is 0. The van der Waals surface area contributed by atoms with Gasteiger partial charge < -0.3 is 5.73 Å². The fraction of sp³-hybridized carbons (Fsp3) is 0.375. The molecule has 2 rings (SSSR count). The number of aryl methyl sites for hydroxylation is 1. The number of H-pyrrole nitrogens is 2. The smallest absolute Gasteiger partial charge is 0.329 e. The maximum atomic E-state index is 11.5. The lowest BCUT2D eigenvalue weighted by Gasteiger charge is -2.02. The number of fused-ring (bicyclic) bond motifs is 1. The van der Waals surface area contributed by atoms with Crippen LogP contribution >= 0.6 is 0 Å². The molecule has 15 heavy (non-hydrogen) atoms. The molecule has 0 radical (unpaired) electrons. The third-order valence-electron chi connectivity index (χ3n) is 2.23. The second-order valence-corrected chi connectivity index (χ2v) is 3.25. The van der Waals surface area contributed by atoms with Crippen molar-refractivity contribution in [3.8, 4) is 0 Å². The average Bonchev–Trinajstić information content (AvgIpc) is 2.55. The van der Waals surface area contributed by atoms with Crippen LogP contribution in [0.1, 0.15) is 5.69 Å². The third kappa shape index (κ3) is 1.37. The zero-order valence-corrected chi connectivity index (χ0v) is 8.20. The highest BCUT2D eigenvalue weighted by Crippen LogP contribution is 2.06. The van der Waals surface area contributed by atoms with Crippen LogP contribution in [0, 0.1) is 6.92 Å². The average molecular weight is 209 g/mol. The second-order valence-electron chi connectivity index (χ2n) is 3.25. The fourth-order valence-electron chi connectivity index (χ4n) is 1.54. The SMILES string of the molecule is Cc1[nH]nc2c1c(=O)[nH]c(=O)n2CCN. The van der Waals surface area contributed by atoms with Crippen LogP contribution in [-0.2, 0) is 6.54 Å². The van der Waals surface area contributed by atoms with E-state index in [0.717, 1.165) is 0 Å². The van der Waals surface area contributed by atoms with Crippen molar-refractivity contribution in [2.45, 2.75) is 13.5 Å². The Morgan fingerprint density at radius 1 is 1.47 bits per heavy atom. The molecule has 0 saturated carbocycles. The molecule has 0 aromatic carbocycles. The standard InChI is InChI=1S/C8H11N5O2/c1-4-5-6(12-11-4)13(3-2-9)8(15)10-7(5)14/h2-3,9H2,1H3,(H,11,12)(H,10,14,15). The Morgan fingerprint density at radius 2 is 2.20 bits per heavy atom. The summed E-state index contributed by atoms with van der Waals surface area (Å²) in [6, 6.07) is 0. The molecule has 0 fully saturated rings. The maximum Gasteiger partial charge on any atom is 0.330 e. The lowest BCUT2D eigenvalue weighted by Crippen LogP contribution is -2.32. The molecule has 0 aliphatic rings. The van der Waals surface area contributed by atoms with Crippen molar-refractivity contribution in [1.29, 1.82) is 0 Å². The van der Waals surface area contributed by atoms with Gasteiger partial charge in [0, 0.05) is 18.8 Å². The Hall–Kier alpha value is -1.89. The van der Waals surface area contributed by atoms with Crippen molar-refractivity contribution < 1.29 is 0 Å². The third-order valence-corrected chi connectivity index (χ3v) is 2.23. The summed E-state index contributed by atoms with van der Waals surface area (Å²) in [5.41, 5.74) is 5.46. The molecule has 2 heterocycles. The topological polar surface area (TPSA) is 110 Å². The van der Waals surface area contributed by atoms with E-state index >= 15 is 0 Å². The van der Waals surface area contributed by atoms with E-state index in [1.807, 2.05) is 0 Å². The zero-order valence-electron chi connectivity index (χ0n) is 8.20. The molecule has 7 heteroatoms. The number of hydrogen-bond acceptors (Lipinski definition) is 4. The summed E-state index contributed by atoms with van der Waals surface area (Å²) in [6.45, 7) is 2.37. The maximum absolute atomic E-state index is 11.5. The molecule has 2 aromatic rings. The Kier molecular flexibility index (Phi) is 2.16. The highest BCUT2D eigenvalue weighted by Gasteiger charge is 2.11. The minimum absolute atomic E-state index is 0.312. The second kappa shape index (κ2) is 3.35. The van der Waals surface area contributed by atoms with Crippen LogP contribution in [0.15, 0.2) is 9.59 Å². The molecule has 7 nitrogen and oxygen atoms in total. The number of nitrogens with one attached hydrogen (secondary N) is 2. The summed E-state index contributed by atoms with van der Waals surface area (Å²) < 4.78 is 1.35. The fourth-order valence-corrected chi connectivity index (χ4v) is 1.54. The lowest BCUT2D eigenvalue weighted by molar-refractivity contribution is 0.675.